The molecule has 0 radical (unpaired) electrons. The van der Waals surface area contributed by atoms with Crippen molar-refractivity contribution in [2.45, 2.75) is 26.8 Å². The van der Waals surface area contributed by atoms with Gasteiger partial charge in [0.25, 0.3) is 0 Å². The normalized spacial score (nSPS) is 10.8. The maximum Gasteiger partial charge on any atom is 0.0637 e. The highest BCUT2D eigenvalue weighted by Crippen LogP contribution is 2.10. The van der Waals surface area contributed by atoms with E-state index in [0.717, 1.165) is 25.2 Å². The van der Waals surface area contributed by atoms with E-state index in [1.54, 1.807) is 0 Å². The molecular formula is C15H21N3. The van der Waals surface area contributed by atoms with Crippen LogP contribution >= 0.6 is 0 Å². The molecule has 0 fully saturated rings. The third kappa shape index (κ3) is 3.44. The first-order chi connectivity index (χ1) is 8.65. The molecule has 1 N–H and O–H groups in total. The third-order valence-corrected chi connectivity index (χ3v) is 3.15. The van der Waals surface area contributed by atoms with E-state index in [1.165, 1.54) is 16.7 Å². The Morgan fingerprint density at radius 1 is 1.22 bits per heavy atom. The van der Waals surface area contributed by atoms with Crippen LogP contribution in [0.15, 0.2) is 30.5 Å². The van der Waals surface area contributed by atoms with Gasteiger partial charge in [0, 0.05) is 32.8 Å². The largest absolute Gasteiger partial charge is 0.312 e. The highest BCUT2D eigenvalue weighted by Gasteiger charge is 2.00. The number of hydrogen-bond donors (Lipinski definition) is 1. The van der Waals surface area contributed by atoms with Gasteiger partial charge in [-0.25, -0.2) is 0 Å². The predicted molar refractivity (Wildman–Crippen MR) is 74.5 cm³/mol. The Balaban J connectivity index is 1.80. The average molecular weight is 243 g/mol. The van der Waals surface area contributed by atoms with Crippen LogP contribution in [0.3, 0.4) is 0 Å². The molecular weight excluding hydrogens is 222 g/mol. The molecule has 0 saturated heterocycles. The van der Waals surface area contributed by atoms with Gasteiger partial charge in [-0.3, -0.25) is 4.68 Å². The number of benzene rings is 1. The smallest absolute Gasteiger partial charge is 0.0637 e. The minimum absolute atomic E-state index is 0.931. The standard InChI is InChI=1S/C15H21N3/c1-12-4-5-13(2)14(10-12)11-16-8-6-15-7-9-18(3)17-15/h4-5,7,9-10,16H,6,8,11H2,1-3H3. The number of rotatable bonds is 5. The average Bonchev–Trinajstić information content (AvgIpc) is 2.75. The Kier molecular flexibility index (Phi) is 4.15. The maximum absolute atomic E-state index is 4.36. The molecule has 0 saturated carbocycles. The van der Waals surface area contributed by atoms with Crippen LogP contribution < -0.4 is 5.32 Å². The zero-order valence-electron chi connectivity index (χ0n) is 11.4. The lowest BCUT2D eigenvalue weighted by molar-refractivity contribution is 0.663. The van der Waals surface area contributed by atoms with Crippen molar-refractivity contribution in [1.82, 2.24) is 15.1 Å². The topological polar surface area (TPSA) is 29.9 Å². The van der Waals surface area contributed by atoms with E-state index >= 15 is 0 Å². The fourth-order valence-corrected chi connectivity index (χ4v) is 2.03. The highest BCUT2D eigenvalue weighted by atomic mass is 15.2. The first kappa shape index (κ1) is 12.8. The minimum atomic E-state index is 0.931. The molecule has 0 atom stereocenters. The van der Waals surface area contributed by atoms with Crippen LogP contribution in [0.25, 0.3) is 0 Å². The molecule has 1 aromatic carbocycles. The van der Waals surface area contributed by atoms with Gasteiger partial charge in [0.15, 0.2) is 0 Å². The number of nitrogens with zero attached hydrogens (tertiary/aromatic N) is 2. The molecule has 2 aromatic rings. The summed E-state index contributed by atoms with van der Waals surface area (Å²) in [5.41, 5.74) is 5.20. The second-order valence-electron chi connectivity index (χ2n) is 4.84. The van der Waals surface area contributed by atoms with Gasteiger partial charge < -0.3 is 5.32 Å². The van der Waals surface area contributed by atoms with Crippen LogP contribution in [-0.4, -0.2) is 16.3 Å². The second kappa shape index (κ2) is 5.83. The molecule has 2 rings (SSSR count). The first-order valence-electron chi connectivity index (χ1n) is 6.40. The van der Waals surface area contributed by atoms with Gasteiger partial charge >= 0.3 is 0 Å². The van der Waals surface area contributed by atoms with Gasteiger partial charge in [-0.05, 0) is 31.0 Å². The van der Waals surface area contributed by atoms with Crippen LogP contribution in [0.2, 0.25) is 0 Å². The molecule has 3 heteroatoms. The van der Waals surface area contributed by atoms with Crippen LogP contribution in [-0.2, 0) is 20.0 Å². The van der Waals surface area contributed by atoms with Crippen molar-refractivity contribution in [1.29, 1.82) is 0 Å². The van der Waals surface area contributed by atoms with Crippen molar-refractivity contribution in [3.8, 4) is 0 Å². The molecule has 1 aromatic heterocycles. The van der Waals surface area contributed by atoms with Crippen LogP contribution in [0, 0.1) is 13.8 Å². The molecule has 0 aliphatic carbocycles. The summed E-state index contributed by atoms with van der Waals surface area (Å²) in [5.74, 6) is 0. The van der Waals surface area contributed by atoms with Gasteiger partial charge in [0.1, 0.15) is 0 Å². The fraction of sp³-hybridized carbons (Fsp3) is 0.400. The summed E-state index contributed by atoms with van der Waals surface area (Å²) in [5, 5.41) is 7.84. The Bertz CT molecular complexity index is 514. The number of aromatic nitrogens is 2. The minimum Gasteiger partial charge on any atom is -0.312 e. The number of aryl methyl sites for hydroxylation is 3. The summed E-state index contributed by atoms with van der Waals surface area (Å²) in [7, 11) is 1.95. The van der Waals surface area contributed by atoms with Crippen LogP contribution in [0.1, 0.15) is 22.4 Å². The molecule has 0 aliphatic heterocycles. The first-order valence-corrected chi connectivity index (χ1v) is 6.40. The van der Waals surface area contributed by atoms with E-state index in [-0.39, 0.29) is 0 Å². The van der Waals surface area contributed by atoms with Gasteiger partial charge in [0.05, 0.1) is 5.69 Å². The van der Waals surface area contributed by atoms with E-state index in [4.69, 9.17) is 0 Å². The summed E-state index contributed by atoms with van der Waals surface area (Å²) in [6.07, 6.45) is 2.96. The summed E-state index contributed by atoms with van der Waals surface area (Å²) < 4.78 is 1.85. The Labute approximate surface area is 109 Å². The van der Waals surface area contributed by atoms with Gasteiger partial charge in [-0.15, -0.1) is 0 Å². The van der Waals surface area contributed by atoms with E-state index in [1.807, 2.05) is 17.9 Å². The maximum atomic E-state index is 4.36. The monoisotopic (exact) mass is 243 g/mol. The van der Waals surface area contributed by atoms with Gasteiger partial charge in [-0.2, -0.15) is 5.10 Å². The van der Waals surface area contributed by atoms with E-state index in [2.05, 4.69) is 48.5 Å². The summed E-state index contributed by atoms with van der Waals surface area (Å²) in [4.78, 5) is 0. The molecule has 18 heavy (non-hydrogen) atoms. The Morgan fingerprint density at radius 3 is 2.78 bits per heavy atom. The van der Waals surface area contributed by atoms with Crippen LogP contribution in [0.5, 0.6) is 0 Å². The van der Waals surface area contributed by atoms with Crippen molar-refractivity contribution in [3.05, 3.63) is 52.8 Å². The van der Waals surface area contributed by atoms with Crippen molar-refractivity contribution in [2.75, 3.05) is 6.54 Å². The second-order valence-corrected chi connectivity index (χ2v) is 4.84. The van der Waals surface area contributed by atoms with Crippen molar-refractivity contribution >= 4 is 0 Å². The molecule has 0 spiro atoms. The lowest BCUT2D eigenvalue weighted by Crippen LogP contribution is -2.17. The summed E-state index contributed by atoms with van der Waals surface area (Å²) in [6, 6.07) is 8.67. The van der Waals surface area contributed by atoms with E-state index in [0.29, 0.717) is 0 Å². The SMILES string of the molecule is Cc1ccc(C)c(CNCCc2ccn(C)n2)c1. The number of nitrogens with one attached hydrogen (secondary N) is 1. The molecule has 0 bridgehead atoms. The van der Waals surface area contributed by atoms with Crippen LogP contribution in [0.4, 0.5) is 0 Å². The molecule has 3 nitrogen and oxygen atoms in total. The van der Waals surface area contributed by atoms with Crippen molar-refractivity contribution < 1.29 is 0 Å². The highest BCUT2D eigenvalue weighted by molar-refractivity contribution is 5.30. The molecule has 1 heterocycles. The van der Waals surface area contributed by atoms with E-state index in [9.17, 15) is 0 Å². The zero-order valence-corrected chi connectivity index (χ0v) is 11.4. The zero-order chi connectivity index (χ0) is 13.0. The summed E-state index contributed by atoms with van der Waals surface area (Å²) in [6.45, 7) is 6.19. The molecule has 0 aliphatic rings. The lowest BCUT2D eigenvalue weighted by atomic mass is 10.1. The van der Waals surface area contributed by atoms with Gasteiger partial charge in [-0.1, -0.05) is 23.8 Å². The van der Waals surface area contributed by atoms with Crippen molar-refractivity contribution in [2.24, 2.45) is 7.05 Å². The lowest BCUT2D eigenvalue weighted by Gasteiger charge is -2.08. The van der Waals surface area contributed by atoms with Gasteiger partial charge in [0.2, 0.25) is 0 Å². The molecule has 0 unspecified atom stereocenters. The van der Waals surface area contributed by atoms with Crippen molar-refractivity contribution in [3.63, 3.8) is 0 Å². The quantitative estimate of drug-likeness (QED) is 0.817. The fourth-order valence-electron chi connectivity index (χ4n) is 2.03. The summed E-state index contributed by atoms with van der Waals surface area (Å²) >= 11 is 0. The molecule has 0 amide bonds. The Morgan fingerprint density at radius 2 is 2.06 bits per heavy atom. The number of hydrogen-bond acceptors (Lipinski definition) is 2. The Hall–Kier alpha value is -1.61. The predicted octanol–water partition coefficient (Wildman–Crippen LogP) is 2.37. The van der Waals surface area contributed by atoms with E-state index < -0.39 is 0 Å². The third-order valence-electron chi connectivity index (χ3n) is 3.15. The molecule has 96 valence electrons.